The molecule has 0 fully saturated rings. The number of furan rings is 1. The number of fused-ring (bicyclic) bond motifs is 1. The lowest BCUT2D eigenvalue weighted by Gasteiger charge is -2.09. The van der Waals surface area contributed by atoms with Gasteiger partial charge >= 0.3 is 5.63 Å². The van der Waals surface area contributed by atoms with Crippen molar-refractivity contribution < 1.29 is 23.1 Å². The topological polar surface area (TPSA) is 92.7 Å². The van der Waals surface area contributed by atoms with Crippen molar-refractivity contribution >= 4 is 16.9 Å². The Morgan fingerprint density at radius 3 is 2.87 bits per heavy atom. The summed E-state index contributed by atoms with van der Waals surface area (Å²) in [5.41, 5.74) is -0.924. The minimum atomic E-state index is -1.04. The van der Waals surface area contributed by atoms with Gasteiger partial charge in [-0.25, -0.2) is 9.18 Å². The Hall–Kier alpha value is -2.93. The van der Waals surface area contributed by atoms with Crippen molar-refractivity contribution in [3.8, 4) is 0 Å². The Kier molecular flexibility index (Phi) is 3.94. The van der Waals surface area contributed by atoms with Gasteiger partial charge in [0.2, 0.25) is 0 Å². The summed E-state index contributed by atoms with van der Waals surface area (Å²) in [6.07, 6.45) is 0.353. The molecule has 1 aromatic carbocycles. The van der Waals surface area contributed by atoms with Gasteiger partial charge in [-0.3, -0.25) is 4.79 Å². The summed E-state index contributed by atoms with van der Waals surface area (Å²) in [5, 5.41) is 12.5. The molecule has 2 aromatic heterocycles. The number of hydrogen-bond donors (Lipinski definition) is 2. The number of benzene rings is 1. The number of hydrogen-bond acceptors (Lipinski definition) is 5. The van der Waals surface area contributed by atoms with Crippen LogP contribution in [0.5, 0.6) is 0 Å². The molecule has 0 aliphatic heterocycles. The average Bonchev–Trinajstić information content (AvgIpc) is 3.06. The lowest BCUT2D eigenvalue weighted by Crippen LogP contribution is -2.31. The third-order valence-corrected chi connectivity index (χ3v) is 3.27. The summed E-state index contributed by atoms with van der Waals surface area (Å²) in [7, 11) is 0. The van der Waals surface area contributed by atoms with Crippen LogP contribution in [0.15, 0.2) is 56.3 Å². The molecule has 2 N–H and O–H groups in total. The maximum atomic E-state index is 13.2. The highest BCUT2D eigenvalue weighted by Crippen LogP contribution is 2.15. The molecule has 0 saturated carbocycles. The fourth-order valence-electron chi connectivity index (χ4n) is 2.12. The van der Waals surface area contributed by atoms with E-state index in [0.717, 1.165) is 12.1 Å². The normalized spacial score (nSPS) is 12.3. The maximum absolute atomic E-state index is 13.2. The Balaban J connectivity index is 1.80. The third kappa shape index (κ3) is 3.14. The van der Waals surface area contributed by atoms with Crippen LogP contribution >= 0.6 is 0 Å². The first-order chi connectivity index (χ1) is 11.0. The summed E-state index contributed by atoms with van der Waals surface area (Å²) in [4.78, 5) is 23.9. The second-order valence-corrected chi connectivity index (χ2v) is 4.87. The van der Waals surface area contributed by atoms with Crippen LogP contribution in [0.3, 0.4) is 0 Å². The zero-order chi connectivity index (χ0) is 16.4. The van der Waals surface area contributed by atoms with Crippen molar-refractivity contribution in [2.45, 2.75) is 6.10 Å². The molecule has 0 unspecified atom stereocenters. The molecule has 0 aliphatic carbocycles. The van der Waals surface area contributed by atoms with E-state index in [1.165, 1.54) is 18.4 Å². The quantitative estimate of drug-likeness (QED) is 0.718. The molecule has 6 nitrogen and oxygen atoms in total. The highest BCUT2D eigenvalue weighted by molar-refractivity contribution is 5.96. The van der Waals surface area contributed by atoms with E-state index in [2.05, 4.69) is 5.32 Å². The van der Waals surface area contributed by atoms with Crippen LogP contribution in [0, 0.1) is 5.82 Å². The molecule has 7 heteroatoms. The Labute approximate surface area is 129 Å². The Morgan fingerprint density at radius 2 is 2.13 bits per heavy atom. The number of carbonyl (C=O) groups excluding carboxylic acids is 1. The van der Waals surface area contributed by atoms with Crippen LogP contribution < -0.4 is 10.9 Å². The van der Waals surface area contributed by atoms with Gasteiger partial charge in [-0.1, -0.05) is 0 Å². The Morgan fingerprint density at radius 1 is 1.30 bits per heavy atom. The van der Waals surface area contributed by atoms with Crippen molar-refractivity contribution in [1.29, 1.82) is 0 Å². The number of amides is 1. The minimum Gasteiger partial charge on any atom is -0.467 e. The van der Waals surface area contributed by atoms with E-state index in [0.29, 0.717) is 5.39 Å². The predicted molar refractivity (Wildman–Crippen MR) is 78.4 cm³/mol. The van der Waals surface area contributed by atoms with Gasteiger partial charge < -0.3 is 19.3 Å². The first kappa shape index (κ1) is 15.0. The van der Waals surface area contributed by atoms with Crippen molar-refractivity contribution in [2.75, 3.05) is 6.54 Å². The molecular weight excluding hydrogens is 305 g/mol. The van der Waals surface area contributed by atoms with Gasteiger partial charge in [0.25, 0.3) is 5.91 Å². The van der Waals surface area contributed by atoms with Gasteiger partial charge in [-0.05, 0) is 36.4 Å². The van der Waals surface area contributed by atoms with Crippen LogP contribution in [-0.2, 0) is 0 Å². The lowest BCUT2D eigenvalue weighted by molar-refractivity contribution is 0.0897. The van der Waals surface area contributed by atoms with Crippen molar-refractivity contribution in [3.05, 3.63) is 70.2 Å². The van der Waals surface area contributed by atoms with Crippen molar-refractivity contribution in [2.24, 2.45) is 0 Å². The molecule has 118 valence electrons. The van der Waals surface area contributed by atoms with Gasteiger partial charge in [0.1, 0.15) is 28.8 Å². The van der Waals surface area contributed by atoms with E-state index in [1.54, 1.807) is 12.1 Å². The molecule has 0 spiro atoms. The fourth-order valence-corrected chi connectivity index (χ4v) is 2.12. The van der Waals surface area contributed by atoms with Gasteiger partial charge in [-0.2, -0.15) is 0 Å². The molecule has 0 bridgehead atoms. The number of aliphatic hydroxyl groups excluding tert-OH is 1. The highest BCUT2D eigenvalue weighted by Gasteiger charge is 2.17. The molecule has 1 amide bonds. The zero-order valence-corrected chi connectivity index (χ0v) is 11.8. The van der Waals surface area contributed by atoms with Crippen LogP contribution in [0.2, 0.25) is 0 Å². The van der Waals surface area contributed by atoms with E-state index in [4.69, 9.17) is 8.83 Å². The summed E-state index contributed by atoms with van der Waals surface area (Å²) in [6.45, 7) is -0.146. The second kappa shape index (κ2) is 6.05. The maximum Gasteiger partial charge on any atom is 0.349 e. The van der Waals surface area contributed by atoms with Crippen molar-refractivity contribution in [1.82, 2.24) is 5.32 Å². The molecule has 23 heavy (non-hydrogen) atoms. The van der Waals surface area contributed by atoms with E-state index >= 15 is 0 Å². The molecule has 2 heterocycles. The smallest absolute Gasteiger partial charge is 0.349 e. The van der Waals surface area contributed by atoms with Crippen molar-refractivity contribution in [3.63, 3.8) is 0 Å². The number of halogens is 1. The minimum absolute atomic E-state index is 0.146. The zero-order valence-electron chi connectivity index (χ0n) is 11.8. The van der Waals surface area contributed by atoms with Crippen LogP contribution in [-0.4, -0.2) is 17.6 Å². The molecule has 3 aromatic rings. The highest BCUT2D eigenvalue weighted by atomic mass is 19.1. The molecule has 0 saturated heterocycles. The fraction of sp³-hybridized carbons (Fsp3) is 0.125. The molecular formula is C16H12FNO5. The summed E-state index contributed by atoms with van der Waals surface area (Å²) >= 11 is 0. The van der Waals surface area contributed by atoms with Gasteiger partial charge in [0, 0.05) is 5.39 Å². The number of nitrogens with one attached hydrogen (secondary N) is 1. The first-order valence-electron chi connectivity index (χ1n) is 6.77. The Bertz CT molecular complexity index is 900. The first-order valence-corrected chi connectivity index (χ1v) is 6.77. The van der Waals surface area contributed by atoms with Gasteiger partial charge in [-0.15, -0.1) is 0 Å². The number of carbonyl (C=O) groups is 1. The van der Waals surface area contributed by atoms with Gasteiger partial charge in [0.05, 0.1) is 12.8 Å². The van der Waals surface area contributed by atoms with E-state index < -0.39 is 23.5 Å². The van der Waals surface area contributed by atoms with E-state index in [1.807, 2.05) is 0 Å². The number of rotatable bonds is 4. The van der Waals surface area contributed by atoms with Crippen LogP contribution in [0.4, 0.5) is 4.39 Å². The van der Waals surface area contributed by atoms with Gasteiger partial charge in [0.15, 0.2) is 0 Å². The standard InChI is InChI=1S/C16H12FNO5/c17-10-3-4-13-9(6-10)7-11(16(21)23-13)15(20)18-8-12(19)14-2-1-5-22-14/h1-7,12,19H,8H2,(H,18,20)/t12-/m1/s1. The van der Waals surface area contributed by atoms with E-state index in [-0.39, 0.29) is 23.5 Å². The van der Waals surface area contributed by atoms with Crippen LogP contribution in [0.1, 0.15) is 22.2 Å². The lowest BCUT2D eigenvalue weighted by atomic mass is 10.1. The molecule has 1 atom stereocenters. The molecule has 3 rings (SSSR count). The second-order valence-electron chi connectivity index (χ2n) is 4.87. The largest absolute Gasteiger partial charge is 0.467 e. The van der Waals surface area contributed by atoms with E-state index in [9.17, 15) is 19.1 Å². The summed E-state index contributed by atoms with van der Waals surface area (Å²) < 4.78 is 23.2. The number of aliphatic hydroxyl groups is 1. The monoisotopic (exact) mass is 317 g/mol. The summed E-state index contributed by atoms with van der Waals surface area (Å²) in [5.74, 6) is -0.945. The SMILES string of the molecule is O=C(NC[C@@H](O)c1ccco1)c1cc2cc(F)ccc2oc1=O. The van der Waals surface area contributed by atoms with Crippen LogP contribution in [0.25, 0.3) is 11.0 Å². The molecule has 0 aliphatic rings. The third-order valence-electron chi connectivity index (χ3n) is 3.27. The predicted octanol–water partition coefficient (Wildman–Crippen LogP) is 1.99. The summed E-state index contributed by atoms with van der Waals surface area (Å²) in [6, 6.07) is 8.04. The average molecular weight is 317 g/mol. The molecule has 0 radical (unpaired) electrons.